The van der Waals surface area contributed by atoms with Gasteiger partial charge in [-0.25, -0.2) is 0 Å². The van der Waals surface area contributed by atoms with E-state index in [0.717, 1.165) is 19.7 Å². The summed E-state index contributed by atoms with van der Waals surface area (Å²) in [6, 6.07) is 4.19. The highest BCUT2D eigenvalue weighted by Crippen LogP contribution is 2.21. The first-order valence-electron chi connectivity index (χ1n) is 3.77. The number of nitrogens with one attached hydrogen (secondary N) is 1. The largest absolute Gasteiger partial charge is 0.383 e. The molecule has 0 atom stereocenters. The lowest BCUT2D eigenvalue weighted by atomic mass is 10.4. The van der Waals surface area contributed by atoms with Crippen LogP contribution < -0.4 is 5.32 Å². The molecule has 0 amide bonds. The molecular weight excluding hydrogens is 274 g/mol. The monoisotopic (exact) mass is 285 g/mol. The van der Waals surface area contributed by atoms with Gasteiger partial charge in [0.1, 0.15) is 0 Å². The van der Waals surface area contributed by atoms with Crippen LogP contribution in [0.3, 0.4) is 0 Å². The molecule has 5 heteroatoms. The SMILES string of the molecule is COCCNCc1ccc(Br)s1.Cl. The van der Waals surface area contributed by atoms with Crippen LogP contribution in [0.25, 0.3) is 0 Å². The Bertz CT molecular complexity index is 232. The molecule has 0 spiro atoms. The van der Waals surface area contributed by atoms with Gasteiger partial charge in [0.05, 0.1) is 10.4 Å². The second-order valence-corrected chi connectivity index (χ2v) is 4.92. The maximum Gasteiger partial charge on any atom is 0.0701 e. The van der Waals surface area contributed by atoms with E-state index in [0.29, 0.717) is 0 Å². The molecule has 1 aromatic heterocycles. The fraction of sp³-hybridized carbons (Fsp3) is 0.500. The lowest BCUT2D eigenvalue weighted by Crippen LogP contribution is -2.17. The van der Waals surface area contributed by atoms with E-state index in [9.17, 15) is 0 Å². The minimum atomic E-state index is 0. The molecule has 1 rings (SSSR count). The number of ether oxygens (including phenoxy) is 1. The van der Waals surface area contributed by atoms with E-state index in [1.54, 1.807) is 18.4 Å². The van der Waals surface area contributed by atoms with Gasteiger partial charge in [0.2, 0.25) is 0 Å². The first-order valence-corrected chi connectivity index (χ1v) is 5.37. The Morgan fingerprint density at radius 1 is 1.54 bits per heavy atom. The van der Waals surface area contributed by atoms with Gasteiger partial charge in [0, 0.05) is 25.1 Å². The predicted molar refractivity (Wildman–Crippen MR) is 62.8 cm³/mol. The van der Waals surface area contributed by atoms with Crippen molar-refractivity contribution in [3.05, 3.63) is 20.8 Å². The van der Waals surface area contributed by atoms with Gasteiger partial charge in [0.15, 0.2) is 0 Å². The summed E-state index contributed by atoms with van der Waals surface area (Å²) in [5, 5.41) is 3.28. The summed E-state index contributed by atoms with van der Waals surface area (Å²) in [5.41, 5.74) is 0. The molecular formula is C8H13BrClNOS. The molecule has 0 fully saturated rings. The molecule has 2 nitrogen and oxygen atoms in total. The quantitative estimate of drug-likeness (QED) is 0.840. The van der Waals surface area contributed by atoms with Gasteiger partial charge in [-0.05, 0) is 28.1 Å². The second-order valence-electron chi connectivity index (χ2n) is 2.38. The lowest BCUT2D eigenvalue weighted by Gasteiger charge is -2.00. The molecule has 0 saturated carbocycles. The van der Waals surface area contributed by atoms with Crippen LogP contribution >= 0.6 is 39.7 Å². The molecule has 0 aliphatic rings. The maximum absolute atomic E-state index is 4.92. The first-order chi connectivity index (χ1) is 5.83. The summed E-state index contributed by atoms with van der Waals surface area (Å²) >= 11 is 5.18. The molecule has 1 aromatic rings. The predicted octanol–water partition coefficient (Wildman–Crippen LogP) is 2.67. The molecule has 0 aliphatic heterocycles. The molecule has 0 radical (unpaired) electrons. The van der Waals surface area contributed by atoms with E-state index >= 15 is 0 Å². The average molecular weight is 287 g/mol. The smallest absolute Gasteiger partial charge is 0.0701 e. The molecule has 76 valence electrons. The second kappa shape index (κ2) is 7.76. The zero-order chi connectivity index (χ0) is 8.81. The third-order valence-electron chi connectivity index (χ3n) is 1.41. The first kappa shape index (κ1) is 13.4. The molecule has 0 saturated heterocycles. The highest BCUT2D eigenvalue weighted by Gasteiger charge is 1.95. The van der Waals surface area contributed by atoms with Crippen LogP contribution in [0.2, 0.25) is 0 Å². The van der Waals surface area contributed by atoms with Gasteiger partial charge < -0.3 is 10.1 Å². The fourth-order valence-electron chi connectivity index (χ4n) is 0.833. The normalized spacial score (nSPS) is 9.69. The molecule has 0 bridgehead atoms. The molecule has 13 heavy (non-hydrogen) atoms. The topological polar surface area (TPSA) is 21.3 Å². The van der Waals surface area contributed by atoms with Crippen molar-refractivity contribution in [3.63, 3.8) is 0 Å². The van der Waals surface area contributed by atoms with Crippen molar-refractivity contribution >= 4 is 39.7 Å². The van der Waals surface area contributed by atoms with E-state index in [1.165, 1.54) is 8.66 Å². The Morgan fingerprint density at radius 2 is 2.31 bits per heavy atom. The van der Waals surface area contributed by atoms with Crippen LogP contribution in [0.4, 0.5) is 0 Å². The van der Waals surface area contributed by atoms with Crippen molar-refractivity contribution in [2.75, 3.05) is 20.3 Å². The Labute approximate surface area is 97.2 Å². The minimum absolute atomic E-state index is 0. The van der Waals surface area contributed by atoms with Crippen LogP contribution in [0.1, 0.15) is 4.88 Å². The number of hydrogen-bond donors (Lipinski definition) is 1. The van der Waals surface area contributed by atoms with Crippen LogP contribution in [0.15, 0.2) is 15.9 Å². The summed E-state index contributed by atoms with van der Waals surface area (Å²) in [6.07, 6.45) is 0. The Balaban J connectivity index is 0.00000144. The van der Waals surface area contributed by atoms with E-state index < -0.39 is 0 Å². The van der Waals surface area contributed by atoms with Crippen molar-refractivity contribution < 1.29 is 4.74 Å². The fourth-order valence-corrected chi connectivity index (χ4v) is 2.29. The summed E-state index contributed by atoms with van der Waals surface area (Å²) in [5.74, 6) is 0. The van der Waals surface area contributed by atoms with E-state index in [4.69, 9.17) is 4.74 Å². The van der Waals surface area contributed by atoms with E-state index in [2.05, 4.69) is 33.4 Å². The summed E-state index contributed by atoms with van der Waals surface area (Å²) < 4.78 is 6.10. The Hall–Kier alpha value is 0.390. The number of halogens is 2. The van der Waals surface area contributed by atoms with Crippen LogP contribution in [0, 0.1) is 0 Å². The number of rotatable bonds is 5. The van der Waals surface area contributed by atoms with Crippen LogP contribution in [-0.2, 0) is 11.3 Å². The number of thiophene rings is 1. The summed E-state index contributed by atoms with van der Waals surface area (Å²) in [6.45, 7) is 2.61. The average Bonchev–Trinajstić information content (AvgIpc) is 2.45. The van der Waals surface area contributed by atoms with Crippen molar-refractivity contribution in [3.8, 4) is 0 Å². The van der Waals surface area contributed by atoms with Crippen LogP contribution in [-0.4, -0.2) is 20.3 Å². The Kier molecular flexibility index (Phi) is 8.00. The van der Waals surface area contributed by atoms with Gasteiger partial charge >= 0.3 is 0 Å². The summed E-state index contributed by atoms with van der Waals surface area (Å²) in [7, 11) is 1.71. The lowest BCUT2D eigenvalue weighted by molar-refractivity contribution is 0.199. The maximum atomic E-state index is 4.92. The minimum Gasteiger partial charge on any atom is -0.383 e. The van der Waals surface area contributed by atoms with E-state index in [-0.39, 0.29) is 12.4 Å². The standard InChI is InChI=1S/C8H12BrNOS.ClH/c1-11-5-4-10-6-7-2-3-8(9)12-7;/h2-3,10H,4-6H2,1H3;1H. The third kappa shape index (κ3) is 5.65. The van der Waals surface area contributed by atoms with Gasteiger partial charge in [-0.2, -0.15) is 0 Å². The molecule has 1 N–H and O–H groups in total. The Morgan fingerprint density at radius 3 is 2.85 bits per heavy atom. The van der Waals surface area contributed by atoms with Gasteiger partial charge in [0.25, 0.3) is 0 Å². The highest BCUT2D eigenvalue weighted by atomic mass is 79.9. The molecule has 0 aliphatic carbocycles. The number of hydrogen-bond acceptors (Lipinski definition) is 3. The zero-order valence-electron chi connectivity index (χ0n) is 7.38. The van der Waals surface area contributed by atoms with Crippen molar-refractivity contribution in [1.29, 1.82) is 0 Å². The van der Waals surface area contributed by atoms with Gasteiger partial charge in [-0.1, -0.05) is 0 Å². The van der Waals surface area contributed by atoms with Crippen LogP contribution in [0.5, 0.6) is 0 Å². The highest BCUT2D eigenvalue weighted by molar-refractivity contribution is 9.11. The third-order valence-corrected chi connectivity index (χ3v) is 3.03. The number of methoxy groups -OCH3 is 1. The van der Waals surface area contributed by atoms with E-state index in [1.807, 2.05) is 0 Å². The van der Waals surface area contributed by atoms with Crippen molar-refractivity contribution in [2.24, 2.45) is 0 Å². The van der Waals surface area contributed by atoms with Crippen molar-refractivity contribution in [1.82, 2.24) is 5.32 Å². The summed E-state index contributed by atoms with van der Waals surface area (Å²) in [4.78, 5) is 1.35. The van der Waals surface area contributed by atoms with Gasteiger partial charge in [-0.3, -0.25) is 0 Å². The zero-order valence-corrected chi connectivity index (χ0v) is 10.6. The molecule has 0 unspecified atom stereocenters. The van der Waals surface area contributed by atoms with Gasteiger partial charge in [-0.15, -0.1) is 23.7 Å². The van der Waals surface area contributed by atoms with Crippen molar-refractivity contribution in [2.45, 2.75) is 6.54 Å². The molecule has 0 aromatic carbocycles. The molecule has 1 heterocycles.